The SMILES string of the molecule is C[C@]1(c2ccccc2)C=Cc2c(ccc3ncccc23)O1. The van der Waals surface area contributed by atoms with Crippen LogP contribution in [0.15, 0.2) is 66.9 Å². The third kappa shape index (κ3) is 1.91. The zero-order valence-electron chi connectivity index (χ0n) is 11.8. The highest BCUT2D eigenvalue weighted by molar-refractivity contribution is 5.91. The number of pyridine rings is 1. The lowest BCUT2D eigenvalue weighted by Crippen LogP contribution is -2.29. The number of fused-ring (bicyclic) bond motifs is 3. The number of aromatic nitrogens is 1. The van der Waals surface area contributed by atoms with Crippen LogP contribution in [-0.4, -0.2) is 4.98 Å². The Kier molecular flexibility index (Phi) is 2.58. The summed E-state index contributed by atoms with van der Waals surface area (Å²) in [5.74, 6) is 0.907. The van der Waals surface area contributed by atoms with Crippen LogP contribution in [0.1, 0.15) is 18.1 Å². The van der Waals surface area contributed by atoms with Crippen molar-refractivity contribution >= 4 is 17.0 Å². The molecule has 0 N–H and O–H groups in total. The van der Waals surface area contributed by atoms with Crippen molar-refractivity contribution in [3.05, 3.63) is 78.0 Å². The fourth-order valence-electron chi connectivity index (χ4n) is 2.85. The van der Waals surface area contributed by atoms with Crippen LogP contribution in [0.2, 0.25) is 0 Å². The van der Waals surface area contributed by atoms with E-state index in [0.717, 1.165) is 27.8 Å². The van der Waals surface area contributed by atoms with Gasteiger partial charge in [0, 0.05) is 17.1 Å². The monoisotopic (exact) mass is 273 g/mol. The molecule has 0 spiro atoms. The largest absolute Gasteiger partial charge is 0.478 e. The normalized spacial score (nSPS) is 20.0. The molecular weight excluding hydrogens is 258 g/mol. The third-order valence-electron chi connectivity index (χ3n) is 4.02. The van der Waals surface area contributed by atoms with Gasteiger partial charge in [-0.3, -0.25) is 4.98 Å². The molecule has 0 bridgehead atoms. The summed E-state index contributed by atoms with van der Waals surface area (Å²) in [4.78, 5) is 4.39. The molecule has 4 rings (SSSR count). The standard InChI is InChI=1S/C19H15NO/c1-19(14-6-3-2-4-7-14)12-11-16-15-8-5-13-20-17(15)9-10-18(16)21-19/h2-13H,1H3/t19-/m1/s1. The van der Waals surface area contributed by atoms with Crippen LogP contribution in [0.3, 0.4) is 0 Å². The highest BCUT2D eigenvalue weighted by Gasteiger charge is 2.29. The molecule has 1 aromatic heterocycles. The molecule has 0 unspecified atom stereocenters. The first-order valence-corrected chi connectivity index (χ1v) is 7.08. The average molecular weight is 273 g/mol. The van der Waals surface area contributed by atoms with E-state index in [2.05, 4.69) is 42.3 Å². The molecule has 2 heterocycles. The van der Waals surface area contributed by atoms with E-state index in [0.29, 0.717) is 0 Å². The zero-order valence-corrected chi connectivity index (χ0v) is 11.8. The highest BCUT2D eigenvalue weighted by Crippen LogP contribution is 2.39. The Balaban J connectivity index is 1.86. The fourth-order valence-corrected chi connectivity index (χ4v) is 2.85. The van der Waals surface area contributed by atoms with E-state index in [4.69, 9.17) is 4.74 Å². The molecular formula is C19H15NO. The molecule has 3 aromatic rings. The van der Waals surface area contributed by atoms with Crippen LogP contribution >= 0.6 is 0 Å². The van der Waals surface area contributed by atoms with Gasteiger partial charge in [0.25, 0.3) is 0 Å². The van der Waals surface area contributed by atoms with E-state index >= 15 is 0 Å². The van der Waals surface area contributed by atoms with Gasteiger partial charge in [0.15, 0.2) is 0 Å². The molecule has 1 aliphatic rings. The van der Waals surface area contributed by atoms with Crippen molar-refractivity contribution < 1.29 is 4.74 Å². The number of ether oxygens (including phenoxy) is 1. The lowest BCUT2D eigenvalue weighted by Gasteiger charge is -2.32. The quantitative estimate of drug-likeness (QED) is 0.648. The summed E-state index contributed by atoms with van der Waals surface area (Å²) < 4.78 is 6.30. The first kappa shape index (κ1) is 12.2. The molecule has 0 saturated heterocycles. The number of rotatable bonds is 1. The highest BCUT2D eigenvalue weighted by atomic mass is 16.5. The van der Waals surface area contributed by atoms with Crippen LogP contribution in [-0.2, 0) is 5.60 Å². The van der Waals surface area contributed by atoms with Crippen molar-refractivity contribution in [1.82, 2.24) is 4.98 Å². The number of hydrogen-bond donors (Lipinski definition) is 0. The number of nitrogens with zero attached hydrogens (tertiary/aromatic N) is 1. The van der Waals surface area contributed by atoms with Gasteiger partial charge < -0.3 is 4.74 Å². The van der Waals surface area contributed by atoms with Gasteiger partial charge in [-0.2, -0.15) is 0 Å². The Hall–Kier alpha value is -2.61. The van der Waals surface area contributed by atoms with Crippen molar-refractivity contribution in [3.63, 3.8) is 0 Å². The second-order valence-corrected chi connectivity index (χ2v) is 5.46. The van der Waals surface area contributed by atoms with E-state index in [1.807, 2.05) is 42.6 Å². The number of benzene rings is 2. The second kappa shape index (κ2) is 4.45. The summed E-state index contributed by atoms with van der Waals surface area (Å²) in [6, 6.07) is 18.4. The Morgan fingerprint density at radius 1 is 0.952 bits per heavy atom. The van der Waals surface area contributed by atoms with Crippen LogP contribution in [0, 0.1) is 0 Å². The molecule has 0 aliphatic carbocycles. The molecule has 2 heteroatoms. The van der Waals surface area contributed by atoms with Crippen molar-refractivity contribution in [3.8, 4) is 5.75 Å². The van der Waals surface area contributed by atoms with Gasteiger partial charge >= 0.3 is 0 Å². The van der Waals surface area contributed by atoms with Gasteiger partial charge in [0.1, 0.15) is 11.4 Å². The first-order valence-electron chi connectivity index (χ1n) is 7.08. The van der Waals surface area contributed by atoms with Gasteiger partial charge in [-0.15, -0.1) is 0 Å². The average Bonchev–Trinajstić information content (AvgIpc) is 2.55. The third-order valence-corrected chi connectivity index (χ3v) is 4.02. The second-order valence-electron chi connectivity index (χ2n) is 5.46. The van der Waals surface area contributed by atoms with Crippen LogP contribution in [0.25, 0.3) is 17.0 Å². The molecule has 2 nitrogen and oxygen atoms in total. The maximum atomic E-state index is 6.30. The molecule has 21 heavy (non-hydrogen) atoms. The first-order chi connectivity index (χ1) is 10.3. The van der Waals surface area contributed by atoms with Gasteiger partial charge in [0.2, 0.25) is 0 Å². The molecule has 1 atom stereocenters. The van der Waals surface area contributed by atoms with E-state index in [1.54, 1.807) is 0 Å². The lowest BCUT2D eigenvalue weighted by molar-refractivity contribution is 0.138. The molecule has 0 amide bonds. The minimum Gasteiger partial charge on any atom is -0.478 e. The van der Waals surface area contributed by atoms with Crippen molar-refractivity contribution in [2.45, 2.75) is 12.5 Å². The molecule has 102 valence electrons. The molecule has 0 radical (unpaired) electrons. The van der Waals surface area contributed by atoms with E-state index in [1.165, 1.54) is 0 Å². The molecule has 0 fully saturated rings. The van der Waals surface area contributed by atoms with E-state index < -0.39 is 5.60 Å². The van der Waals surface area contributed by atoms with E-state index in [-0.39, 0.29) is 0 Å². The predicted molar refractivity (Wildman–Crippen MR) is 85.2 cm³/mol. The Bertz CT molecular complexity index is 839. The number of hydrogen-bond acceptors (Lipinski definition) is 2. The summed E-state index contributed by atoms with van der Waals surface area (Å²) in [5.41, 5.74) is 2.82. The fraction of sp³-hybridized carbons (Fsp3) is 0.105. The van der Waals surface area contributed by atoms with Gasteiger partial charge in [-0.25, -0.2) is 0 Å². The Morgan fingerprint density at radius 2 is 1.81 bits per heavy atom. The maximum Gasteiger partial charge on any atom is 0.150 e. The van der Waals surface area contributed by atoms with Crippen LogP contribution in [0.5, 0.6) is 5.75 Å². The van der Waals surface area contributed by atoms with Crippen LogP contribution in [0.4, 0.5) is 0 Å². The van der Waals surface area contributed by atoms with Crippen molar-refractivity contribution in [1.29, 1.82) is 0 Å². The van der Waals surface area contributed by atoms with Crippen molar-refractivity contribution in [2.24, 2.45) is 0 Å². The zero-order chi connectivity index (χ0) is 14.3. The summed E-state index contributed by atoms with van der Waals surface area (Å²) >= 11 is 0. The minimum absolute atomic E-state index is 0.426. The van der Waals surface area contributed by atoms with Gasteiger partial charge in [0.05, 0.1) is 5.52 Å². The van der Waals surface area contributed by atoms with Gasteiger partial charge in [-0.05, 0) is 36.8 Å². The molecule has 1 aliphatic heterocycles. The smallest absolute Gasteiger partial charge is 0.150 e. The van der Waals surface area contributed by atoms with Gasteiger partial charge in [-0.1, -0.05) is 42.5 Å². The summed E-state index contributed by atoms with van der Waals surface area (Å²) in [7, 11) is 0. The summed E-state index contributed by atoms with van der Waals surface area (Å²) in [6.07, 6.45) is 6.09. The van der Waals surface area contributed by atoms with E-state index in [9.17, 15) is 0 Å². The maximum absolute atomic E-state index is 6.30. The lowest BCUT2D eigenvalue weighted by atomic mass is 9.91. The van der Waals surface area contributed by atoms with Crippen LogP contribution < -0.4 is 4.74 Å². The summed E-state index contributed by atoms with van der Waals surface area (Å²) in [6.45, 7) is 2.09. The predicted octanol–water partition coefficient (Wildman–Crippen LogP) is 4.56. The Morgan fingerprint density at radius 3 is 2.67 bits per heavy atom. The van der Waals surface area contributed by atoms with Crippen molar-refractivity contribution in [2.75, 3.05) is 0 Å². The topological polar surface area (TPSA) is 22.1 Å². The minimum atomic E-state index is -0.426. The molecule has 0 saturated carbocycles. The molecule has 2 aromatic carbocycles. The Labute approximate surface area is 123 Å². The summed E-state index contributed by atoms with van der Waals surface area (Å²) in [5, 5.41) is 1.13.